The van der Waals surface area contributed by atoms with Gasteiger partial charge in [0.2, 0.25) is 6.04 Å². The van der Waals surface area contributed by atoms with Gasteiger partial charge < -0.3 is 0 Å². The lowest BCUT2D eigenvalue weighted by Crippen LogP contribution is -2.58. The van der Waals surface area contributed by atoms with Gasteiger partial charge in [0.05, 0.1) is 0 Å². The first kappa shape index (κ1) is 11.6. The Morgan fingerprint density at radius 1 is 1.44 bits per heavy atom. The summed E-state index contributed by atoms with van der Waals surface area (Å²) in [6.07, 6.45) is 2.69. The van der Waals surface area contributed by atoms with Crippen molar-refractivity contribution in [1.82, 2.24) is 0 Å². The van der Waals surface area contributed by atoms with E-state index in [-0.39, 0.29) is 28.5 Å². The van der Waals surface area contributed by atoms with E-state index < -0.39 is 11.5 Å². The smallest absolute Gasteiger partial charge is 0.219 e. The van der Waals surface area contributed by atoms with Crippen molar-refractivity contribution in [1.29, 1.82) is 0 Å². The summed E-state index contributed by atoms with van der Waals surface area (Å²) in [4.78, 5) is 23.3. The number of hydrogen-bond acceptors (Lipinski definition) is 3. The van der Waals surface area contributed by atoms with E-state index in [1.54, 1.807) is 0 Å². The number of carbonyl (C=O) groups is 1. The summed E-state index contributed by atoms with van der Waals surface area (Å²) >= 11 is 0. The highest BCUT2D eigenvalue weighted by atomic mass is 16.6. The summed E-state index contributed by atoms with van der Waals surface area (Å²) in [5, 5.41) is 11.1. The molecule has 16 heavy (non-hydrogen) atoms. The Morgan fingerprint density at radius 3 is 2.62 bits per heavy atom. The molecule has 0 N–H and O–H groups in total. The van der Waals surface area contributed by atoms with Crippen molar-refractivity contribution in [3.8, 4) is 0 Å². The Bertz CT molecular complexity index is 341. The van der Waals surface area contributed by atoms with Crippen LogP contribution in [0.1, 0.15) is 40.0 Å². The quantitative estimate of drug-likeness (QED) is 0.508. The first-order valence-corrected chi connectivity index (χ1v) is 6.07. The van der Waals surface area contributed by atoms with Crippen molar-refractivity contribution in [2.75, 3.05) is 0 Å². The van der Waals surface area contributed by atoms with E-state index in [0.717, 1.165) is 19.3 Å². The second-order valence-electron chi connectivity index (χ2n) is 5.70. The predicted molar refractivity (Wildman–Crippen MR) is 59.6 cm³/mol. The second kappa shape index (κ2) is 3.54. The molecule has 2 aliphatic rings. The summed E-state index contributed by atoms with van der Waals surface area (Å²) < 4.78 is 0. The number of Topliss-reactive ketones (excluding diaryl/α,β-unsaturated/α-hetero) is 1. The minimum Gasteiger partial charge on any atom is -0.299 e. The first-order valence-electron chi connectivity index (χ1n) is 6.07. The van der Waals surface area contributed by atoms with Gasteiger partial charge in [-0.1, -0.05) is 27.2 Å². The van der Waals surface area contributed by atoms with Crippen LogP contribution in [0.15, 0.2) is 0 Å². The number of hydrogen-bond donors (Lipinski definition) is 0. The van der Waals surface area contributed by atoms with Crippen LogP contribution in [0, 0.1) is 33.3 Å². The van der Waals surface area contributed by atoms with E-state index in [9.17, 15) is 14.9 Å². The van der Waals surface area contributed by atoms with E-state index in [0.29, 0.717) is 0 Å². The predicted octanol–water partition coefficient (Wildman–Crippen LogP) is 2.29. The molecule has 0 heterocycles. The Labute approximate surface area is 95.6 Å². The van der Waals surface area contributed by atoms with Gasteiger partial charge in [-0.2, -0.15) is 0 Å². The second-order valence-corrected chi connectivity index (χ2v) is 5.70. The zero-order valence-electron chi connectivity index (χ0n) is 10.1. The molecule has 0 aliphatic heterocycles. The van der Waals surface area contributed by atoms with E-state index in [2.05, 4.69) is 0 Å². The molecular formula is C12H19NO3. The minimum absolute atomic E-state index is 0.0784. The van der Waals surface area contributed by atoms with Gasteiger partial charge in [-0.15, -0.1) is 0 Å². The maximum atomic E-state index is 12.3. The highest BCUT2D eigenvalue weighted by molar-refractivity contribution is 5.89. The molecule has 0 aromatic rings. The lowest BCUT2D eigenvalue weighted by molar-refractivity contribution is -0.548. The third-order valence-electron chi connectivity index (χ3n) is 5.04. The number of nitrogens with zero attached hydrogens (tertiary/aromatic N) is 1. The molecule has 4 heteroatoms. The van der Waals surface area contributed by atoms with E-state index in [4.69, 9.17) is 0 Å². The van der Waals surface area contributed by atoms with Crippen LogP contribution in [0.4, 0.5) is 0 Å². The molecule has 5 unspecified atom stereocenters. The summed E-state index contributed by atoms with van der Waals surface area (Å²) in [6, 6.07) is -0.548. The standard InChI is InChI=1S/C12H19NO3/c1-7-9-5-4-6-12(3,11(9)14)8(2)10(7)13(15)16/h7-10H,4-6H2,1-3H3. The summed E-state index contributed by atoms with van der Waals surface area (Å²) in [5.41, 5.74) is -0.451. The summed E-state index contributed by atoms with van der Waals surface area (Å²) in [5.74, 6) is -0.0466. The fraction of sp³-hybridized carbons (Fsp3) is 0.917. The maximum Gasteiger partial charge on any atom is 0.219 e. The van der Waals surface area contributed by atoms with Crippen molar-refractivity contribution in [3.05, 3.63) is 10.1 Å². The van der Waals surface area contributed by atoms with Crippen LogP contribution >= 0.6 is 0 Å². The number of fused-ring (bicyclic) bond motifs is 2. The molecule has 0 amide bonds. The highest BCUT2D eigenvalue weighted by Crippen LogP contribution is 2.52. The lowest BCUT2D eigenvalue weighted by atomic mass is 9.52. The summed E-state index contributed by atoms with van der Waals surface area (Å²) in [6.45, 7) is 5.68. The minimum atomic E-state index is -0.548. The molecule has 2 rings (SSSR count). The van der Waals surface area contributed by atoms with Crippen LogP contribution in [0.5, 0.6) is 0 Å². The zero-order chi connectivity index (χ0) is 12.1. The Kier molecular flexibility index (Phi) is 2.55. The number of nitro groups is 1. The van der Waals surface area contributed by atoms with E-state index in [1.807, 2.05) is 20.8 Å². The van der Waals surface area contributed by atoms with Gasteiger partial charge in [-0.3, -0.25) is 14.9 Å². The first-order chi connectivity index (χ1) is 7.39. The highest BCUT2D eigenvalue weighted by Gasteiger charge is 2.59. The maximum absolute atomic E-state index is 12.3. The average molecular weight is 225 g/mol. The molecule has 0 aromatic heterocycles. The molecule has 2 aliphatic carbocycles. The molecule has 4 nitrogen and oxygen atoms in total. The lowest BCUT2D eigenvalue weighted by Gasteiger charge is -2.49. The third kappa shape index (κ3) is 1.31. The van der Waals surface area contributed by atoms with Crippen molar-refractivity contribution in [3.63, 3.8) is 0 Å². The molecule has 5 atom stereocenters. The zero-order valence-corrected chi connectivity index (χ0v) is 10.1. The van der Waals surface area contributed by atoms with Gasteiger partial charge in [0.25, 0.3) is 0 Å². The Balaban J connectivity index is 2.42. The fourth-order valence-electron chi connectivity index (χ4n) is 3.77. The van der Waals surface area contributed by atoms with Crippen molar-refractivity contribution >= 4 is 5.78 Å². The van der Waals surface area contributed by atoms with Gasteiger partial charge in [-0.05, 0) is 12.8 Å². The molecule has 0 aromatic carbocycles. The van der Waals surface area contributed by atoms with E-state index >= 15 is 0 Å². The van der Waals surface area contributed by atoms with Crippen LogP contribution in [-0.4, -0.2) is 16.7 Å². The SMILES string of the molecule is CC1C2CCCC(C)(C2=O)C(C)C1[N+](=O)[O-]. The van der Waals surface area contributed by atoms with Crippen LogP contribution in [0.2, 0.25) is 0 Å². The third-order valence-corrected chi connectivity index (χ3v) is 5.04. The number of ketones is 1. The van der Waals surface area contributed by atoms with Gasteiger partial charge in [-0.25, -0.2) is 0 Å². The Hall–Kier alpha value is -0.930. The van der Waals surface area contributed by atoms with Gasteiger partial charge in [0, 0.05) is 28.1 Å². The number of carbonyl (C=O) groups excluding carboxylic acids is 1. The normalized spacial score (nSPS) is 47.8. The van der Waals surface area contributed by atoms with Crippen molar-refractivity contribution in [2.45, 2.75) is 46.1 Å². The molecule has 2 fully saturated rings. The molecule has 90 valence electrons. The Morgan fingerprint density at radius 2 is 2.06 bits per heavy atom. The molecule has 2 bridgehead atoms. The molecule has 0 spiro atoms. The van der Waals surface area contributed by atoms with Crippen LogP contribution in [0.25, 0.3) is 0 Å². The van der Waals surface area contributed by atoms with Crippen LogP contribution in [-0.2, 0) is 4.79 Å². The molecule has 0 saturated heterocycles. The number of rotatable bonds is 1. The van der Waals surface area contributed by atoms with Crippen molar-refractivity contribution in [2.24, 2.45) is 23.2 Å². The van der Waals surface area contributed by atoms with Crippen LogP contribution in [0.3, 0.4) is 0 Å². The van der Waals surface area contributed by atoms with Gasteiger partial charge in [0.1, 0.15) is 5.78 Å². The monoisotopic (exact) mass is 225 g/mol. The topological polar surface area (TPSA) is 60.2 Å². The molecule has 0 radical (unpaired) electrons. The van der Waals surface area contributed by atoms with Gasteiger partial charge >= 0.3 is 0 Å². The van der Waals surface area contributed by atoms with Crippen LogP contribution < -0.4 is 0 Å². The van der Waals surface area contributed by atoms with E-state index in [1.165, 1.54) is 0 Å². The molecular weight excluding hydrogens is 206 g/mol. The van der Waals surface area contributed by atoms with Crippen molar-refractivity contribution < 1.29 is 9.72 Å². The van der Waals surface area contributed by atoms with Gasteiger partial charge in [0.15, 0.2) is 0 Å². The summed E-state index contributed by atoms with van der Waals surface area (Å²) in [7, 11) is 0. The molecule has 2 saturated carbocycles. The largest absolute Gasteiger partial charge is 0.299 e. The fourth-order valence-corrected chi connectivity index (χ4v) is 3.77. The average Bonchev–Trinajstić information content (AvgIpc) is 2.19.